The first-order valence-electron chi connectivity index (χ1n) is 6.37. The summed E-state index contributed by atoms with van der Waals surface area (Å²) < 4.78 is 5.09. The SMILES string of the molecule is COc1cc([N+](=O)[O-])ccc1NC(=O)C(C)C1CNC1. The van der Waals surface area contributed by atoms with Gasteiger partial charge in [0, 0.05) is 12.0 Å². The maximum absolute atomic E-state index is 12.1. The van der Waals surface area contributed by atoms with Crippen molar-refractivity contribution in [1.82, 2.24) is 5.32 Å². The number of hydrogen-bond acceptors (Lipinski definition) is 5. The van der Waals surface area contributed by atoms with Crippen molar-refractivity contribution in [3.63, 3.8) is 0 Å². The molecule has 0 saturated carbocycles. The van der Waals surface area contributed by atoms with Crippen molar-refractivity contribution >= 4 is 17.3 Å². The van der Waals surface area contributed by atoms with Gasteiger partial charge in [0.25, 0.3) is 5.69 Å². The number of non-ortho nitro benzene ring substituents is 1. The molecule has 2 rings (SSSR count). The first-order valence-corrected chi connectivity index (χ1v) is 6.37. The molecule has 1 aromatic carbocycles. The minimum Gasteiger partial charge on any atom is -0.494 e. The highest BCUT2D eigenvalue weighted by atomic mass is 16.6. The Morgan fingerprint density at radius 2 is 2.25 bits per heavy atom. The van der Waals surface area contributed by atoms with E-state index in [4.69, 9.17) is 4.74 Å². The monoisotopic (exact) mass is 279 g/mol. The maximum atomic E-state index is 12.1. The van der Waals surface area contributed by atoms with Gasteiger partial charge in [-0.2, -0.15) is 0 Å². The summed E-state index contributed by atoms with van der Waals surface area (Å²) in [6, 6.07) is 4.12. The van der Waals surface area contributed by atoms with Gasteiger partial charge in [0.05, 0.1) is 23.8 Å². The molecule has 1 unspecified atom stereocenters. The molecule has 1 saturated heterocycles. The van der Waals surface area contributed by atoms with Crippen LogP contribution in [0.3, 0.4) is 0 Å². The standard InChI is InChI=1S/C13H17N3O4/c1-8(9-6-14-7-9)13(17)15-11-4-3-10(16(18)19)5-12(11)20-2/h3-5,8-9,14H,6-7H2,1-2H3,(H,15,17). The molecule has 0 aromatic heterocycles. The van der Waals surface area contributed by atoms with Gasteiger partial charge in [-0.3, -0.25) is 14.9 Å². The highest BCUT2D eigenvalue weighted by Gasteiger charge is 2.29. The van der Waals surface area contributed by atoms with Crippen molar-refractivity contribution in [2.75, 3.05) is 25.5 Å². The van der Waals surface area contributed by atoms with Crippen LogP contribution in [0.2, 0.25) is 0 Å². The van der Waals surface area contributed by atoms with Crippen LogP contribution in [-0.4, -0.2) is 31.0 Å². The lowest BCUT2D eigenvalue weighted by molar-refractivity contribution is -0.384. The zero-order chi connectivity index (χ0) is 14.7. The van der Waals surface area contributed by atoms with Crippen LogP contribution >= 0.6 is 0 Å². The topological polar surface area (TPSA) is 93.5 Å². The Kier molecular flexibility index (Phi) is 4.19. The molecule has 1 atom stereocenters. The Morgan fingerprint density at radius 3 is 2.75 bits per heavy atom. The van der Waals surface area contributed by atoms with Crippen LogP contribution in [0.1, 0.15) is 6.92 Å². The van der Waals surface area contributed by atoms with Crippen LogP contribution < -0.4 is 15.4 Å². The average Bonchev–Trinajstić information content (AvgIpc) is 2.36. The van der Waals surface area contributed by atoms with Gasteiger partial charge in [0.15, 0.2) is 0 Å². The van der Waals surface area contributed by atoms with Crippen LogP contribution in [0, 0.1) is 22.0 Å². The molecule has 1 fully saturated rings. The number of ether oxygens (including phenoxy) is 1. The average molecular weight is 279 g/mol. The molecule has 1 aliphatic heterocycles. The van der Waals surface area contributed by atoms with E-state index in [1.165, 1.54) is 25.3 Å². The summed E-state index contributed by atoms with van der Waals surface area (Å²) in [7, 11) is 1.41. The van der Waals surface area contributed by atoms with E-state index in [9.17, 15) is 14.9 Å². The molecule has 2 N–H and O–H groups in total. The zero-order valence-corrected chi connectivity index (χ0v) is 11.4. The predicted octanol–water partition coefficient (Wildman–Crippen LogP) is 1.40. The lowest BCUT2D eigenvalue weighted by Crippen LogP contribution is -2.48. The third-order valence-electron chi connectivity index (χ3n) is 3.59. The lowest BCUT2D eigenvalue weighted by Gasteiger charge is -2.31. The van der Waals surface area contributed by atoms with E-state index in [2.05, 4.69) is 10.6 Å². The van der Waals surface area contributed by atoms with Crippen molar-refractivity contribution in [3.05, 3.63) is 28.3 Å². The molecule has 1 aromatic rings. The molecule has 0 radical (unpaired) electrons. The summed E-state index contributed by atoms with van der Waals surface area (Å²) in [5.74, 6) is 0.394. The van der Waals surface area contributed by atoms with Crippen molar-refractivity contribution < 1.29 is 14.5 Å². The number of methoxy groups -OCH3 is 1. The smallest absolute Gasteiger partial charge is 0.273 e. The molecule has 0 bridgehead atoms. The summed E-state index contributed by atoms with van der Waals surface area (Å²) in [6.07, 6.45) is 0. The second-order valence-corrected chi connectivity index (χ2v) is 4.84. The van der Waals surface area contributed by atoms with Gasteiger partial charge in [-0.15, -0.1) is 0 Å². The highest BCUT2D eigenvalue weighted by Crippen LogP contribution is 2.30. The van der Waals surface area contributed by atoms with Gasteiger partial charge < -0.3 is 15.4 Å². The Hall–Kier alpha value is -2.15. The molecule has 0 spiro atoms. The van der Waals surface area contributed by atoms with Crippen LogP contribution in [-0.2, 0) is 4.79 Å². The fourth-order valence-corrected chi connectivity index (χ4v) is 2.02. The number of hydrogen-bond donors (Lipinski definition) is 2. The Balaban J connectivity index is 2.11. The van der Waals surface area contributed by atoms with Crippen LogP contribution in [0.4, 0.5) is 11.4 Å². The van der Waals surface area contributed by atoms with Gasteiger partial charge >= 0.3 is 0 Å². The molecular weight excluding hydrogens is 262 g/mol. The van der Waals surface area contributed by atoms with E-state index in [1.54, 1.807) is 0 Å². The van der Waals surface area contributed by atoms with Gasteiger partial charge in [-0.1, -0.05) is 6.92 Å². The first-order chi connectivity index (χ1) is 9.52. The van der Waals surface area contributed by atoms with Crippen LogP contribution in [0.5, 0.6) is 5.75 Å². The fraction of sp³-hybridized carbons (Fsp3) is 0.462. The van der Waals surface area contributed by atoms with Crippen molar-refractivity contribution in [2.24, 2.45) is 11.8 Å². The Labute approximate surface area is 116 Å². The minimum absolute atomic E-state index is 0.0731. The molecule has 20 heavy (non-hydrogen) atoms. The highest BCUT2D eigenvalue weighted by molar-refractivity contribution is 5.94. The van der Waals surface area contributed by atoms with E-state index in [1.807, 2.05) is 6.92 Å². The molecule has 7 nitrogen and oxygen atoms in total. The summed E-state index contributed by atoms with van der Waals surface area (Å²) in [5, 5.41) is 16.6. The quantitative estimate of drug-likeness (QED) is 0.627. The Morgan fingerprint density at radius 1 is 1.55 bits per heavy atom. The number of benzene rings is 1. The van der Waals surface area contributed by atoms with Gasteiger partial charge in [-0.25, -0.2) is 0 Å². The molecule has 1 amide bonds. The number of nitrogens with one attached hydrogen (secondary N) is 2. The first kappa shape index (κ1) is 14.3. The normalized spacial score (nSPS) is 16.1. The van der Waals surface area contributed by atoms with Crippen LogP contribution in [0.15, 0.2) is 18.2 Å². The second kappa shape index (κ2) is 5.87. The molecule has 1 aliphatic rings. The third kappa shape index (κ3) is 2.88. The van der Waals surface area contributed by atoms with E-state index in [0.29, 0.717) is 11.6 Å². The molecular formula is C13H17N3O4. The third-order valence-corrected chi connectivity index (χ3v) is 3.59. The number of carbonyl (C=O) groups excluding carboxylic acids is 1. The minimum atomic E-state index is -0.503. The number of carbonyl (C=O) groups is 1. The summed E-state index contributed by atoms with van der Waals surface area (Å²) >= 11 is 0. The molecule has 0 aliphatic carbocycles. The number of anilines is 1. The number of nitro benzene ring substituents is 1. The second-order valence-electron chi connectivity index (χ2n) is 4.84. The zero-order valence-electron chi connectivity index (χ0n) is 11.4. The lowest BCUT2D eigenvalue weighted by atomic mass is 9.88. The van der Waals surface area contributed by atoms with Crippen molar-refractivity contribution in [1.29, 1.82) is 0 Å². The maximum Gasteiger partial charge on any atom is 0.273 e. The fourth-order valence-electron chi connectivity index (χ4n) is 2.02. The van der Waals surface area contributed by atoms with Gasteiger partial charge in [0.2, 0.25) is 5.91 Å². The van der Waals surface area contributed by atoms with Crippen LogP contribution in [0.25, 0.3) is 0 Å². The van der Waals surface area contributed by atoms with Crippen molar-refractivity contribution in [3.8, 4) is 5.75 Å². The number of rotatable bonds is 5. The largest absolute Gasteiger partial charge is 0.494 e. The summed E-state index contributed by atoms with van der Waals surface area (Å²) in [5.41, 5.74) is 0.373. The summed E-state index contributed by atoms with van der Waals surface area (Å²) in [6.45, 7) is 3.55. The van der Waals surface area contributed by atoms with E-state index < -0.39 is 4.92 Å². The molecule has 108 valence electrons. The number of amides is 1. The van der Waals surface area contributed by atoms with E-state index in [0.717, 1.165) is 13.1 Å². The van der Waals surface area contributed by atoms with E-state index >= 15 is 0 Å². The Bertz CT molecular complexity index is 528. The molecule has 1 heterocycles. The van der Waals surface area contributed by atoms with Crippen molar-refractivity contribution in [2.45, 2.75) is 6.92 Å². The molecule has 7 heteroatoms. The van der Waals surface area contributed by atoms with E-state index in [-0.39, 0.29) is 23.3 Å². The summed E-state index contributed by atoms with van der Waals surface area (Å²) in [4.78, 5) is 22.3. The predicted molar refractivity (Wildman–Crippen MR) is 73.8 cm³/mol. The number of nitrogens with zero attached hydrogens (tertiary/aromatic N) is 1. The van der Waals surface area contributed by atoms with Gasteiger partial charge in [-0.05, 0) is 25.1 Å². The van der Waals surface area contributed by atoms with Gasteiger partial charge in [0.1, 0.15) is 5.75 Å². The number of nitro groups is 1.